The minimum absolute atomic E-state index is 0.122. The SMILES string of the molecule is CCOc1oc(C(C)=O)nc1C(C)C. The molecule has 0 aliphatic rings. The summed E-state index contributed by atoms with van der Waals surface area (Å²) in [7, 11) is 0. The molecule has 0 amide bonds. The van der Waals surface area contributed by atoms with Crippen LogP contribution in [-0.4, -0.2) is 17.4 Å². The number of hydrogen-bond acceptors (Lipinski definition) is 4. The van der Waals surface area contributed by atoms with Gasteiger partial charge in [-0.3, -0.25) is 4.79 Å². The number of carbonyl (C=O) groups excluding carboxylic acids is 1. The molecule has 0 unspecified atom stereocenters. The molecular formula is C10H15NO3. The molecule has 0 aliphatic heterocycles. The van der Waals surface area contributed by atoms with Crippen molar-refractivity contribution >= 4 is 5.78 Å². The fraction of sp³-hybridized carbons (Fsp3) is 0.600. The van der Waals surface area contributed by atoms with Gasteiger partial charge in [-0.1, -0.05) is 13.8 Å². The van der Waals surface area contributed by atoms with Crippen molar-refractivity contribution in [3.8, 4) is 5.95 Å². The Morgan fingerprint density at radius 3 is 2.64 bits per heavy atom. The Kier molecular flexibility index (Phi) is 3.28. The fourth-order valence-electron chi connectivity index (χ4n) is 1.07. The Balaban J connectivity index is 3.05. The average Bonchev–Trinajstić information content (AvgIpc) is 2.49. The molecule has 0 saturated carbocycles. The lowest BCUT2D eigenvalue weighted by Crippen LogP contribution is -1.96. The molecule has 0 fully saturated rings. The predicted molar refractivity (Wildman–Crippen MR) is 51.8 cm³/mol. The number of aromatic nitrogens is 1. The molecule has 1 rings (SSSR count). The lowest BCUT2D eigenvalue weighted by molar-refractivity contribution is 0.0972. The lowest BCUT2D eigenvalue weighted by Gasteiger charge is -2.02. The van der Waals surface area contributed by atoms with Crippen molar-refractivity contribution in [2.75, 3.05) is 6.61 Å². The van der Waals surface area contributed by atoms with E-state index in [1.807, 2.05) is 20.8 Å². The Labute approximate surface area is 83.3 Å². The Morgan fingerprint density at radius 1 is 1.57 bits per heavy atom. The highest BCUT2D eigenvalue weighted by Gasteiger charge is 2.19. The van der Waals surface area contributed by atoms with Crippen molar-refractivity contribution in [1.82, 2.24) is 4.98 Å². The van der Waals surface area contributed by atoms with E-state index in [2.05, 4.69) is 4.98 Å². The fourth-order valence-corrected chi connectivity index (χ4v) is 1.07. The molecule has 78 valence electrons. The number of hydrogen-bond donors (Lipinski definition) is 0. The molecule has 0 aromatic carbocycles. The molecule has 1 aromatic rings. The highest BCUT2D eigenvalue weighted by Crippen LogP contribution is 2.27. The van der Waals surface area contributed by atoms with Gasteiger partial charge in [0.05, 0.1) is 6.61 Å². The first-order valence-corrected chi connectivity index (χ1v) is 4.70. The van der Waals surface area contributed by atoms with E-state index in [9.17, 15) is 4.79 Å². The summed E-state index contributed by atoms with van der Waals surface area (Å²) < 4.78 is 10.4. The molecule has 1 heterocycles. The van der Waals surface area contributed by atoms with E-state index in [4.69, 9.17) is 9.15 Å². The first-order chi connectivity index (χ1) is 6.56. The summed E-state index contributed by atoms with van der Waals surface area (Å²) in [5.74, 6) is 0.496. The van der Waals surface area contributed by atoms with Gasteiger partial charge in [-0.05, 0) is 6.92 Å². The standard InChI is InChI=1S/C10H15NO3/c1-5-13-10-8(6(2)3)11-9(14-10)7(4)12/h6H,5H2,1-4H3. The van der Waals surface area contributed by atoms with Crippen LogP contribution in [-0.2, 0) is 0 Å². The average molecular weight is 197 g/mol. The number of ketones is 1. The molecule has 0 N–H and O–H groups in total. The third-order valence-electron chi connectivity index (χ3n) is 1.74. The second-order valence-corrected chi connectivity index (χ2v) is 3.34. The third-order valence-corrected chi connectivity index (χ3v) is 1.74. The van der Waals surface area contributed by atoms with Crippen molar-refractivity contribution in [2.24, 2.45) is 0 Å². The van der Waals surface area contributed by atoms with Gasteiger partial charge in [-0.2, -0.15) is 0 Å². The maximum absolute atomic E-state index is 11.0. The molecule has 14 heavy (non-hydrogen) atoms. The van der Waals surface area contributed by atoms with Crippen LogP contribution in [0, 0.1) is 0 Å². The number of rotatable bonds is 4. The zero-order valence-corrected chi connectivity index (χ0v) is 8.96. The summed E-state index contributed by atoms with van der Waals surface area (Å²) in [5.41, 5.74) is 0.706. The monoisotopic (exact) mass is 197 g/mol. The topological polar surface area (TPSA) is 52.3 Å². The molecule has 0 saturated heterocycles. The van der Waals surface area contributed by atoms with Crippen LogP contribution in [0.1, 0.15) is 50.0 Å². The van der Waals surface area contributed by atoms with E-state index in [1.54, 1.807) is 0 Å². The predicted octanol–water partition coefficient (Wildman–Crippen LogP) is 2.40. The first kappa shape index (κ1) is 10.8. The number of carbonyl (C=O) groups is 1. The van der Waals surface area contributed by atoms with Crippen molar-refractivity contribution in [3.63, 3.8) is 0 Å². The first-order valence-electron chi connectivity index (χ1n) is 4.70. The van der Waals surface area contributed by atoms with E-state index in [0.717, 1.165) is 0 Å². The zero-order chi connectivity index (χ0) is 10.7. The van der Waals surface area contributed by atoms with Crippen LogP contribution >= 0.6 is 0 Å². The lowest BCUT2D eigenvalue weighted by atomic mass is 10.1. The van der Waals surface area contributed by atoms with Crippen LogP contribution in [0.15, 0.2) is 4.42 Å². The van der Waals surface area contributed by atoms with Crippen LogP contribution < -0.4 is 4.74 Å². The second kappa shape index (κ2) is 4.26. The minimum Gasteiger partial charge on any atom is -0.464 e. The molecular weight excluding hydrogens is 182 g/mol. The number of Topliss-reactive ketones (excluding diaryl/α,β-unsaturated/α-hetero) is 1. The van der Waals surface area contributed by atoms with E-state index < -0.39 is 0 Å². The van der Waals surface area contributed by atoms with Gasteiger partial charge in [0.15, 0.2) is 0 Å². The molecule has 4 heteroatoms. The summed E-state index contributed by atoms with van der Waals surface area (Å²) in [6.07, 6.45) is 0. The third kappa shape index (κ3) is 2.13. The normalized spacial score (nSPS) is 10.6. The highest BCUT2D eigenvalue weighted by molar-refractivity contribution is 5.89. The maximum Gasteiger partial charge on any atom is 0.309 e. The summed E-state index contributed by atoms with van der Waals surface area (Å²) in [5, 5.41) is 0. The molecule has 0 radical (unpaired) electrons. The molecule has 1 aromatic heterocycles. The van der Waals surface area contributed by atoms with Gasteiger partial charge in [0.25, 0.3) is 5.89 Å². The van der Waals surface area contributed by atoms with Gasteiger partial charge < -0.3 is 9.15 Å². The highest BCUT2D eigenvalue weighted by atomic mass is 16.6. The van der Waals surface area contributed by atoms with Crippen LogP contribution in [0.4, 0.5) is 0 Å². The molecule has 0 bridgehead atoms. The van der Waals surface area contributed by atoms with E-state index in [1.165, 1.54) is 6.92 Å². The van der Waals surface area contributed by atoms with Gasteiger partial charge in [0, 0.05) is 12.8 Å². The number of ether oxygens (including phenoxy) is 1. The van der Waals surface area contributed by atoms with Gasteiger partial charge >= 0.3 is 5.95 Å². The number of oxazole rings is 1. The molecule has 0 spiro atoms. The van der Waals surface area contributed by atoms with E-state index in [-0.39, 0.29) is 17.6 Å². The van der Waals surface area contributed by atoms with E-state index in [0.29, 0.717) is 18.2 Å². The smallest absolute Gasteiger partial charge is 0.309 e. The van der Waals surface area contributed by atoms with Gasteiger partial charge in [0.1, 0.15) is 5.69 Å². The van der Waals surface area contributed by atoms with Gasteiger partial charge in [-0.15, -0.1) is 0 Å². The largest absolute Gasteiger partial charge is 0.464 e. The summed E-state index contributed by atoms with van der Waals surface area (Å²) >= 11 is 0. The van der Waals surface area contributed by atoms with Crippen molar-refractivity contribution in [2.45, 2.75) is 33.6 Å². The minimum atomic E-state index is -0.183. The van der Waals surface area contributed by atoms with Crippen molar-refractivity contribution in [1.29, 1.82) is 0 Å². The Morgan fingerprint density at radius 2 is 2.21 bits per heavy atom. The Hall–Kier alpha value is -1.32. The summed E-state index contributed by atoms with van der Waals surface area (Å²) in [6, 6.07) is 0. The molecule has 4 nitrogen and oxygen atoms in total. The number of nitrogens with zero attached hydrogens (tertiary/aromatic N) is 1. The summed E-state index contributed by atoms with van der Waals surface area (Å²) in [4.78, 5) is 15.1. The molecule has 0 atom stereocenters. The van der Waals surface area contributed by atoms with Crippen molar-refractivity contribution < 1.29 is 13.9 Å². The van der Waals surface area contributed by atoms with Crippen LogP contribution in [0.25, 0.3) is 0 Å². The van der Waals surface area contributed by atoms with Gasteiger partial charge in [0.2, 0.25) is 5.78 Å². The zero-order valence-electron chi connectivity index (χ0n) is 8.96. The Bertz CT molecular complexity index is 328. The molecule has 0 aliphatic carbocycles. The maximum atomic E-state index is 11.0. The summed E-state index contributed by atoms with van der Waals surface area (Å²) in [6.45, 7) is 7.74. The van der Waals surface area contributed by atoms with Crippen molar-refractivity contribution in [3.05, 3.63) is 11.6 Å². The quantitative estimate of drug-likeness (QED) is 0.695. The van der Waals surface area contributed by atoms with Crippen LogP contribution in [0.3, 0.4) is 0 Å². The second-order valence-electron chi connectivity index (χ2n) is 3.34. The van der Waals surface area contributed by atoms with E-state index >= 15 is 0 Å². The van der Waals surface area contributed by atoms with Crippen LogP contribution in [0.2, 0.25) is 0 Å². The van der Waals surface area contributed by atoms with Gasteiger partial charge in [-0.25, -0.2) is 4.98 Å². The van der Waals surface area contributed by atoms with Crippen LogP contribution in [0.5, 0.6) is 5.95 Å².